The SMILES string of the molecule is CC1CCC(Sc2cccc(CN)c2)CC1. The van der Waals surface area contributed by atoms with E-state index in [0.29, 0.717) is 6.54 Å². The largest absolute Gasteiger partial charge is 0.326 e. The second-order valence-corrected chi connectivity index (χ2v) is 6.23. The van der Waals surface area contributed by atoms with Crippen LogP contribution in [0.3, 0.4) is 0 Å². The average molecular weight is 235 g/mol. The first-order chi connectivity index (χ1) is 7.78. The minimum absolute atomic E-state index is 0.649. The number of hydrogen-bond acceptors (Lipinski definition) is 2. The molecule has 1 fully saturated rings. The summed E-state index contributed by atoms with van der Waals surface area (Å²) in [6, 6.07) is 8.67. The third-order valence-corrected chi connectivity index (χ3v) is 4.73. The summed E-state index contributed by atoms with van der Waals surface area (Å²) in [7, 11) is 0. The first kappa shape index (κ1) is 12.0. The summed E-state index contributed by atoms with van der Waals surface area (Å²) in [6.45, 7) is 3.02. The number of hydrogen-bond donors (Lipinski definition) is 1. The highest BCUT2D eigenvalue weighted by atomic mass is 32.2. The van der Waals surface area contributed by atoms with Crippen molar-refractivity contribution in [2.24, 2.45) is 11.7 Å². The number of rotatable bonds is 3. The summed E-state index contributed by atoms with van der Waals surface area (Å²) in [4.78, 5) is 1.39. The molecule has 2 rings (SSSR count). The van der Waals surface area contributed by atoms with Gasteiger partial charge in [0.1, 0.15) is 0 Å². The fourth-order valence-corrected chi connectivity index (χ4v) is 3.55. The van der Waals surface area contributed by atoms with Gasteiger partial charge in [-0.15, -0.1) is 11.8 Å². The Bertz CT molecular complexity index is 329. The molecule has 0 atom stereocenters. The quantitative estimate of drug-likeness (QED) is 0.862. The van der Waals surface area contributed by atoms with E-state index >= 15 is 0 Å². The van der Waals surface area contributed by atoms with Crippen LogP contribution >= 0.6 is 11.8 Å². The van der Waals surface area contributed by atoms with Gasteiger partial charge in [0.25, 0.3) is 0 Å². The van der Waals surface area contributed by atoms with Gasteiger partial charge in [0.05, 0.1) is 0 Å². The number of benzene rings is 1. The molecule has 0 amide bonds. The third-order valence-electron chi connectivity index (χ3n) is 3.40. The van der Waals surface area contributed by atoms with Crippen LogP contribution in [0.5, 0.6) is 0 Å². The van der Waals surface area contributed by atoms with Crippen LogP contribution in [-0.4, -0.2) is 5.25 Å². The molecule has 2 N–H and O–H groups in total. The van der Waals surface area contributed by atoms with Gasteiger partial charge in [-0.25, -0.2) is 0 Å². The molecule has 0 radical (unpaired) electrons. The van der Waals surface area contributed by atoms with Crippen molar-refractivity contribution in [3.63, 3.8) is 0 Å². The Morgan fingerprint density at radius 2 is 2.00 bits per heavy atom. The zero-order valence-electron chi connectivity index (χ0n) is 9.99. The van der Waals surface area contributed by atoms with Gasteiger partial charge in [-0.2, -0.15) is 0 Å². The summed E-state index contributed by atoms with van der Waals surface area (Å²) in [5.74, 6) is 0.937. The zero-order chi connectivity index (χ0) is 11.4. The molecule has 0 saturated heterocycles. The van der Waals surface area contributed by atoms with Gasteiger partial charge in [-0.05, 0) is 49.3 Å². The molecule has 2 heteroatoms. The lowest BCUT2D eigenvalue weighted by Crippen LogP contribution is -2.13. The third kappa shape index (κ3) is 3.26. The minimum Gasteiger partial charge on any atom is -0.326 e. The smallest absolute Gasteiger partial charge is 0.0178 e. The van der Waals surface area contributed by atoms with Gasteiger partial charge in [-0.1, -0.05) is 19.1 Å². The van der Waals surface area contributed by atoms with E-state index in [1.165, 1.54) is 36.1 Å². The number of nitrogens with two attached hydrogens (primary N) is 1. The van der Waals surface area contributed by atoms with Gasteiger partial charge < -0.3 is 5.73 Å². The van der Waals surface area contributed by atoms with Crippen LogP contribution < -0.4 is 5.73 Å². The van der Waals surface area contributed by atoms with Crippen LogP contribution in [0.25, 0.3) is 0 Å². The molecule has 1 aliphatic rings. The lowest BCUT2D eigenvalue weighted by atomic mass is 9.91. The Hall–Kier alpha value is -0.470. The van der Waals surface area contributed by atoms with Crippen LogP contribution in [0.4, 0.5) is 0 Å². The zero-order valence-corrected chi connectivity index (χ0v) is 10.8. The fourth-order valence-electron chi connectivity index (χ4n) is 2.29. The molecule has 1 aliphatic carbocycles. The first-order valence-electron chi connectivity index (χ1n) is 6.23. The Morgan fingerprint density at radius 3 is 2.69 bits per heavy atom. The summed E-state index contributed by atoms with van der Waals surface area (Å²) in [5.41, 5.74) is 6.91. The molecular formula is C14H21NS. The number of thioether (sulfide) groups is 1. The van der Waals surface area contributed by atoms with Crippen LogP contribution in [0, 0.1) is 5.92 Å². The van der Waals surface area contributed by atoms with E-state index in [2.05, 4.69) is 31.2 Å². The molecule has 0 aliphatic heterocycles. The maximum absolute atomic E-state index is 5.66. The minimum atomic E-state index is 0.649. The van der Waals surface area contributed by atoms with Crippen molar-refractivity contribution in [3.05, 3.63) is 29.8 Å². The molecule has 1 saturated carbocycles. The van der Waals surface area contributed by atoms with E-state index in [9.17, 15) is 0 Å². The van der Waals surface area contributed by atoms with Crippen molar-refractivity contribution in [1.82, 2.24) is 0 Å². The van der Waals surface area contributed by atoms with Gasteiger partial charge in [0.15, 0.2) is 0 Å². The van der Waals surface area contributed by atoms with Gasteiger partial charge >= 0.3 is 0 Å². The Kier molecular flexibility index (Phi) is 4.30. The van der Waals surface area contributed by atoms with Crippen LogP contribution in [-0.2, 0) is 6.54 Å². The highest BCUT2D eigenvalue weighted by molar-refractivity contribution is 8.00. The highest BCUT2D eigenvalue weighted by Gasteiger charge is 2.18. The lowest BCUT2D eigenvalue weighted by molar-refractivity contribution is 0.393. The van der Waals surface area contributed by atoms with E-state index in [4.69, 9.17) is 5.73 Å². The monoisotopic (exact) mass is 235 g/mol. The molecule has 1 aromatic rings. The maximum Gasteiger partial charge on any atom is 0.0178 e. The predicted octanol–water partition coefficient (Wildman–Crippen LogP) is 3.82. The normalized spacial score (nSPS) is 25.6. The van der Waals surface area contributed by atoms with Gasteiger partial charge in [-0.3, -0.25) is 0 Å². The molecule has 0 spiro atoms. The molecule has 1 nitrogen and oxygen atoms in total. The van der Waals surface area contributed by atoms with Crippen LogP contribution in [0.15, 0.2) is 29.2 Å². The Morgan fingerprint density at radius 1 is 1.25 bits per heavy atom. The molecule has 0 unspecified atom stereocenters. The van der Waals surface area contributed by atoms with Gasteiger partial charge in [0.2, 0.25) is 0 Å². The van der Waals surface area contributed by atoms with E-state index in [-0.39, 0.29) is 0 Å². The lowest BCUT2D eigenvalue weighted by Gasteiger charge is -2.25. The molecule has 1 aromatic carbocycles. The van der Waals surface area contributed by atoms with Crippen molar-refractivity contribution in [2.45, 2.75) is 49.3 Å². The van der Waals surface area contributed by atoms with E-state index in [1.807, 2.05) is 11.8 Å². The van der Waals surface area contributed by atoms with Gasteiger partial charge in [0, 0.05) is 16.7 Å². The molecule has 0 bridgehead atoms. The van der Waals surface area contributed by atoms with Crippen LogP contribution in [0.2, 0.25) is 0 Å². The van der Waals surface area contributed by atoms with Crippen molar-refractivity contribution in [3.8, 4) is 0 Å². The predicted molar refractivity (Wildman–Crippen MR) is 71.6 cm³/mol. The van der Waals surface area contributed by atoms with Crippen LogP contribution in [0.1, 0.15) is 38.2 Å². The molecule has 0 aromatic heterocycles. The summed E-state index contributed by atoms with van der Waals surface area (Å²) >= 11 is 2.04. The fraction of sp³-hybridized carbons (Fsp3) is 0.571. The molecule has 88 valence electrons. The summed E-state index contributed by atoms with van der Waals surface area (Å²) in [5, 5.41) is 0.823. The second-order valence-electron chi connectivity index (χ2n) is 4.85. The molecule has 16 heavy (non-hydrogen) atoms. The Balaban J connectivity index is 1.93. The van der Waals surface area contributed by atoms with Crippen molar-refractivity contribution >= 4 is 11.8 Å². The molecule has 0 heterocycles. The maximum atomic E-state index is 5.66. The Labute approximate surface area is 103 Å². The van der Waals surface area contributed by atoms with E-state index in [1.54, 1.807) is 0 Å². The van der Waals surface area contributed by atoms with Crippen molar-refractivity contribution in [1.29, 1.82) is 0 Å². The summed E-state index contributed by atoms with van der Waals surface area (Å²) < 4.78 is 0. The second kappa shape index (κ2) is 5.74. The van der Waals surface area contributed by atoms with E-state index < -0.39 is 0 Å². The van der Waals surface area contributed by atoms with E-state index in [0.717, 1.165) is 11.2 Å². The van der Waals surface area contributed by atoms with Crippen molar-refractivity contribution in [2.75, 3.05) is 0 Å². The highest BCUT2D eigenvalue weighted by Crippen LogP contribution is 2.35. The average Bonchev–Trinajstić information content (AvgIpc) is 2.32. The van der Waals surface area contributed by atoms with Crippen molar-refractivity contribution < 1.29 is 0 Å². The topological polar surface area (TPSA) is 26.0 Å². The standard InChI is InChI=1S/C14H21NS/c1-11-5-7-13(8-6-11)16-14-4-2-3-12(9-14)10-15/h2-4,9,11,13H,5-8,10,15H2,1H3. The summed E-state index contributed by atoms with van der Waals surface area (Å²) in [6.07, 6.45) is 5.54. The molecular weight excluding hydrogens is 214 g/mol. The first-order valence-corrected chi connectivity index (χ1v) is 7.11.